The van der Waals surface area contributed by atoms with Gasteiger partial charge in [0.25, 0.3) is 5.56 Å². The first kappa shape index (κ1) is 23.2. The maximum atomic E-state index is 13.5. The van der Waals surface area contributed by atoms with E-state index < -0.39 is 12.0 Å². The van der Waals surface area contributed by atoms with Gasteiger partial charge >= 0.3 is 5.97 Å². The fourth-order valence-electron chi connectivity index (χ4n) is 3.88. The molecule has 0 radical (unpaired) electrons. The van der Waals surface area contributed by atoms with Gasteiger partial charge in [0, 0.05) is 5.02 Å². The molecule has 2 aromatic carbocycles. The van der Waals surface area contributed by atoms with Crippen molar-refractivity contribution < 1.29 is 9.53 Å². The molecule has 7 heteroatoms. The molecule has 0 unspecified atom stereocenters. The zero-order valence-electron chi connectivity index (χ0n) is 19.2. The van der Waals surface area contributed by atoms with E-state index in [0.717, 1.165) is 11.1 Å². The van der Waals surface area contributed by atoms with Crippen LogP contribution in [0.2, 0.25) is 5.02 Å². The van der Waals surface area contributed by atoms with E-state index in [1.54, 1.807) is 23.6 Å². The van der Waals surface area contributed by atoms with E-state index in [1.807, 2.05) is 42.5 Å². The number of rotatable bonds is 3. The van der Waals surface area contributed by atoms with Crippen LogP contribution >= 0.6 is 22.9 Å². The van der Waals surface area contributed by atoms with Gasteiger partial charge in [0.15, 0.2) is 4.80 Å². The summed E-state index contributed by atoms with van der Waals surface area (Å²) in [6, 6.07) is 14.7. The number of esters is 1. The molecular formula is C26H25ClN2O3S. The number of fused-ring (bicyclic) bond motifs is 1. The van der Waals surface area contributed by atoms with E-state index in [4.69, 9.17) is 16.3 Å². The quantitative estimate of drug-likeness (QED) is 0.523. The van der Waals surface area contributed by atoms with E-state index in [-0.39, 0.29) is 11.0 Å². The first-order valence-corrected chi connectivity index (χ1v) is 11.8. The average molecular weight is 481 g/mol. The molecule has 170 valence electrons. The number of carbonyl (C=O) groups is 1. The number of carbonyl (C=O) groups excluding carboxylic acids is 1. The van der Waals surface area contributed by atoms with Gasteiger partial charge in [-0.25, -0.2) is 9.79 Å². The summed E-state index contributed by atoms with van der Waals surface area (Å²) in [7, 11) is 1.34. The number of hydrogen-bond donors (Lipinski definition) is 0. The molecule has 0 spiro atoms. The summed E-state index contributed by atoms with van der Waals surface area (Å²) in [4.78, 5) is 31.4. The first-order valence-electron chi connectivity index (χ1n) is 10.6. The molecule has 33 heavy (non-hydrogen) atoms. The largest absolute Gasteiger partial charge is 0.466 e. The zero-order valence-corrected chi connectivity index (χ0v) is 20.8. The Labute approximate surface area is 201 Å². The number of methoxy groups -OCH3 is 1. The second kappa shape index (κ2) is 8.76. The topological polar surface area (TPSA) is 60.7 Å². The van der Waals surface area contributed by atoms with E-state index in [1.165, 1.54) is 24.0 Å². The van der Waals surface area contributed by atoms with Gasteiger partial charge in [0.2, 0.25) is 0 Å². The lowest BCUT2D eigenvalue weighted by atomic mass is 9.85. The number of aromatic nitrogens is 1. The molecule has 1 aliphatic heterocycles. The standard InChI is InChI=1S/C26H25ClN2O3S/c1-15-21(24(31)32-5)22(17-8-10-18(11-9-17)26(2,3)4)29-23(30)20(33-25(29)28-15)14-16-6-12-19(27)13-7-16/h6-14,22H,1-5H3/b20-14+/t22-/m0/s1. The molecule has 1 atom stereocenters. The van der Waals surface area contributed by atoms with Crippen molar-refractivity contribution in [1.82, 2.24) is 4.57 Å². The van der Waals surface area contributed by atoms with Crippen LogP contribution in [-0.4, -0.2) is 17.6 Å². The van der Waals surface area contributed by atoms with Crippen molar-refractivity contribution >= 4 is 35.0 Å². The summed E-state index contributed by atoms with van der Waals surface area (Å²) < 4.78 is 7.20. The number of benzene rings is 2. The normalized spacial score (nSPS) is 16.4. The fraction of sp³-hybridized carbons (Fsp3) is 0.269. The second-order valence-electron chi connectivity index (χ2n) is 9.00. The SMILES string of the molecule is COC(=O)C1=C(C)N=c2s/c(=C/c3ccc(Cl)cc3)c(=O)n2[C@H]1c1ccc(C(C)(C)C)cc1. The molecule has 1 aliphatic rings. The Morgan fingerprint density at radius 2 is 1.76 bits per heavy atom. The molecule has 3 aromatic rings. The second-order valence-corrected chi connectivity index (χ2v) is 10.4. The van der Waals surface area contributed by atoms with Crippen molar-refractivity contribution in [3.05, 3.63) is 101 Å². The van der Waals surface area contributed by atoms with E-state index >= 15 is 0 Å². The van der Waals surface area contributed by atoms with Crippen molar-refractivity contribution in [2.24, 2.45) is 4.99 Å². The van der Waals surface area contributed by atoms with Gasteiger partial charge in [-0.05, 0) is 47.2 Å². The smallest absolute Gasteiger partial charge is 0.338 e. The van der Waals surface area contributed by atoms with E-state index in [9.17, 15) is 9.59 Å². The minimum Gasteiger partial charge on any atom is -0.466 e. The highest BCUT2D eigenvalue weighted by Crippen LogP contribution is 2.32. The average Bonchev–Trinajstić information content (AvgIpc) is 3.08. The highest BCUT2D eigenvalue weighted by atomic mass is 35.5. The molecule has 0 saturated heterocycles. The molecule has 0 aliphatic carbocycles. The summed E-state index contributed by atoms with van der Waals surface area (Å²) in [6.45, 7) is 8.21. The minimum atomic E-state index is -0.616. The van der Waals surface area contributed by atoms with Crippen LogP contribution in [0.3, 0.4) is 0 Å². The summed E-state index contributed by atoms with van der Waals surface area (Å²) in [5.41, 5.74) is 3.56. The van der Waals surface area contributed by atoms with Gasteiger partial charge in [-0.1, -0.05) is 80.1 Å². The lowest BCUT2D eigenvalue weighted by molar-refractivity contribution is -0.136. The predicted octanol–water partition coefficient (Wildman–Crippen LogP) is 4.36. The summed E-state index contributed by atoms with van der Waals surface area (Å²) in [6.07, 6.45) is 1.82. The summed E-state index contributed by atoms with van der Waals surface area (Å²) in [5.74, 6) is -0.492. The molecule has 0 N–H and O–H groups in total. The Hall–Kier alpha value is -2.96. The first-order chi connectivity index (χ1) is 15.6. The highest BCUT2D eigenvalue weighted by Gasteiger charge is 2.33. The minimum absolute atomic E-state index is 0.0115. The van der Waals surface area contributed by atoms with Gasteiger partial charge in [0.05, 0.1) is 29.0 Å². The Kier molecular flexibility index (Phi) is 6.16. The van der Waals surface area contributed by atoms with Gasteiger partial charge in [-0.2, -0.15) is 0 Å². The third-order valence-corrected chi connectivity index (χ3v) is 6.92. The number of hydrogen-bond acceptors (Lipinski definition) is 5. The number of allylic oxidation sites excluding steroid dienone is 1. The maximum Gasteiger partial charge on any atom is 0.338 e. The molecule has 0 fully saturated rings. The lowest BCUT2D eigenvalue weighted by Gasteiger charge is -2.25. The van der Waals surface area contributed by atoms with Crippen LogP contribution in [0.25, 0.3) is 6.08 Å². The van der Waals surface area contributed by atoms with Crippen molar-refractivity contribution in [2.75, 3.05) is 7.11 Å². The molecule has 0 amide bonds. The van der Waals surface area contributed by atoms with Gasteiger partial charge in [0.1, 0.15) is 0 Å². The van der Waals surface area contributed by atoms with Crippen LogP contribution in [0.1, 0.15) is 50.4 Å². The summed E-state index contributed by atoms with van der Waals surface area (Å²) >= 11 is 7.29. The van der Waals surface area contributed by atoms with Crippen molar-refractivity contribution in [3.63, 3.8) is 0 Å². The third-order valence-electron chi connectivity index (χ3n) is 5.69. The monoisotopic (exact) mass is 480 g/mol. The third kappa shape index (κ3) is 4.45. The number of nitrogens with zero attached hydrogens (tertiary/aromatic N) is 2. The molecule has 2 heterocycles. The Balaban J connectivity index is 1.93. The molecule has 1 aromatic heterocycles. The molecule has 5 nitrogen and oxygen atoms in total. The zero-order chi connectivity index (χ0) is 23.9. The van der Waals surface area contributed by atoms with Crippen LogP contribution in [0.15, 0.2) is 69.6 Å². The number of ether oxygens (including phenoxy) is 1. The van der Waals surface area contributed by atoms with Gasteiger partial charge < -0.3 is 4.74 Å². The van der Waals surface area contributed by atoms with Crippen molar-refractivity contribution in [2.45, 2.75) is 39.2 Å². The summed E-state index contributed by atoms with van der Waals surface area (Å²) in [5, 5.41) is 0.630. The Bertz CT molecular complexity index is 1420. The number of halogens is 1. The van der Waals surface area contributed by atoms with Crippen LogP contribution in [0.4, 0.5) is 0 Å². The van der Waals surface area contributed by atoms with Crippen molar-refractivity contribution in [1.29, 1.82) is 0 Å². The van der Waals surface area contributed by atoms with Crippen LogP contribution < -0.4 is 14.9 Å². The van der Waals surface area contributed by atoms with Gasteiger partial charge in [-0.3, -0.25) is 9.36 Å². The van der Waals surface area contributed by atoms with Crippen LogP contribution in [0, 0.1) is 0 Å². The van der Waals surface area contributed by atoms with Crippen LogP contribution in [-0.2, 0) is 14.9 Å². The molecular weight excluding hydrogens is 456 g/mol. The highest BCUT2D eigenvalue weighted by molar-refractivity contribution is 7.07. The molecule has 0 bridgehead atoms. The van der Waals surface area contributed by atoms with E-state index in [0.29, 0.717) is 25.6 Å². The Morgan fingerprint density at radius 3 is 2.33 bits per heavy atom. The Morgan fingerprint density at radius 1 is 1.12 bits per heavy atom. The number of thiazole rings is 1. The fourth-order valence-corrected chi connectivity index (χ4v) is 5.06. The predicted molar refractivity (Wildman–Crippen MR) is 132 cm³/mol. The molecule has 0 saturated carbocycles. The lowest BCUT2D eigenvalue weighted by Crippen LogP contribution is -2.39. The van der Waals surface area contributed by atoms with Crippen LogP contribution in [0.5, 0.6) is 0 Å². The van der Waals surface area contributed by atoms with Crippen molar-refractivity contribution in [3.8, 4) is 0 Å². The van der Waals surface area contributed by atoms with Gasteiger partial charge in [-0.15, -0.1) is 0 Å². The van der Waals surface area contributed by atoms with E-state index in [2.05, 4.69) is 25.8 Å². The molecule has 4 rings (SSSR count). The maximum absolute atomic E-state index is 13.5.